The summed E-state index contributed by atoms with van der Waals surface area (Å²) in [6, 6.07) is 1.68. The fourth-order valence-corrected chi connectivity index (χ4v) is 1.79. The highest BCUT2D eigenvalue weighted by Gasteiger charge is 2.10. The molecule has 2 aromatic heterocycles. The lowest BCUT2D eigenvalue weighted by Gasteiger charge is -1.95. The molecule has 0 fully saturated rings. The second-order valence-electron chi connectivity index (χ2n) is 3.03. The third-order valence-electron chi connectivity index (χ3n) is 1.82. The SMILES string of the molecule is Cc1nc(CC(=O)c2ncccn2)cs1. The van der Waals surface area contributed by atoms with Crippen LogP contribution in [0.1, 0.15) is 21.3 Å². The van der Waals surface area contributed by atoms with Crippen LogP contribution in [0.15, 0.2) is 23.8 Å². The molecule has 0 aliphatic rings. The first kappa shape index (κ1) is 9.92. The summed E-state index contributed by atoms with van der Waals surface area (Å²) in [6.45, 7) is 1.91. The van der Waals surface area contributed by atoms with Crippen LogP contribution >= 0.6 is 11.3 Å². The van der Waals surface area contributed by atoms with Crippen molar-refractivity contribution in [3.05, 3.63) is 40.4 Å². The van der Waals surface area contributed by atoms with E-state index in [1.54, 1.807) is 18.5 Å². The van der Waals surface area contributed by atoms with Crippen molar-refractivity contribution < 1.29 is 4.79 Å². The fourth-order valence-electron chi connectivity index (χ4n) is 1.18. The normalized spacial score (nSPS) is 10.2. The van der Waals surface area contributed by atoms with Gasteiger partial charge in [0.25, 0.3) is 0 Å². The molecule has 76 valence electrons. The van der Waals surface area contributed by atoms with E-state index in [-0.39, 0.29) is 18.0 Å². The molecule has 2 heterocycles. The largest absolute Gasteiger partial charge is 0.290 e. The van der Waals surface area contributed by atoms with E-state index >= 15 is 0 Å². The minimum absolute atomic E-state index is 0.0964. The predicted octanol–water partition coefficient (Wildman–Crippen LogP) is 1.67. The van der Waals surface area contributed by atoms with Gasteiger partial charge in [0, 0.05) is 17.8 Å². The smallest absolute Gasteiger partial charge is 0.205 e. The highest BCUT2D eigenvalue weighted by molar-refractivity contribution is 7.09. The van der Waals surface area contributed by atoms with Gasteiger partial charge in [-0.2, -0.15) is 0 Å². The topological polar surface area (TPSA) is 55.7 Å². The summed E-state index contributed by atoms with van der Waals surface area (Å²) in [4.78, 5) is 23.7. The summed E-state index contributed by atoms with van der Waals surface area (Å²) in [5.74, 6) is 0.157. The van der Waals surface area contributed by atoms with Gasteiger partial charge in [-0.05, 0) is 13.0 Å². The van der Waals surface area contributed by atoms with Crippen molar-refractivity contribution in [3.63, 3.8) is 0 Å². The van der Waals surface area contributed by atoms with Crippen molar-refractivity contribution in [1.82, 2.24) is 15.0 Å². The second kappa shape index (κ2) is 4.27. The van der Waals surface area contributed by atoms with Crippen LogP contribution in [-0.2, 0) is 6.42 Å². The molecule has 0 radical (unpaired) electrons. The maximum Gasteiger partial charge on any atom is 0.205 e. The van der Waals surface area contributed by atoms with Crippen LogP contribution in [0.5, 0.6) is 0 Å². The van der Waals surface area contributed by atoms with Crippen LogP contribution in [-0.4, -0.2) is 20.7 Å². The van der Waals surface area contributed by atoms with Gasteiger partial charge < -0.3 is 0 Å². The summed E-state index contributed by atoms with van der Waals surface area (Å²) in [5.41, 5.74) is 0.787. The molecule has 0 saturated heterocycles. The zero-order chi connectivity index (χ0) is 10.7. The van der Waals surface area contributed by atoms with Gasteiger partial charge in [0.2, 0.25) is 5.78 Å². The monoisotopic (exact) mass is 219 g/mol. The van der Waals surface area contributed by atoms with Gasteiger partial charge in [-0.1, -0.05) is 0 Å². The third kappa shape index (κ3) is 2.44. The zero-order valence-electron chi connectivity index (χ0n) is 8.17. The van der Waals surface area contributed by atoms with E-state index < -0.39 is 0 Å². The average molecular weight is 219 g/mol. The minimum atomic E-state index is -0.0964. The number of nitrogens with zero attached hydrogens (tertiary/aromatic N) is 3. The fraction of sp³-hybridized carbons (Fsp3) is 0.200. The van der Waals surface area contributed by atoms with E-state index in [4.69, 9.17) is 0 Å². The summed E-state index contributed by atoms with van der Waals surface area (Å²) in [7, 11) is 0. The third-order valence-corrected chi connectivity index (χ3v) is 2.65. The van der Waals surface area contributed by atoms with Crippen LogP contribution < -0.4 is 0 Å². The molecule has 0 spiro atoms. The number of Topliss-reactive ketones (excluding diaryl/α,β-unsaturated/α-hetero) is 1. The zero-order valence-corrected chi connectivity index (χ0v) is 8.99. The number of hydrogen-bond acceptors (Lipinski definition) is 5. The Morgan fingerprint density at radius 2 is 2.13 bits per heavy atom. The number of carbonyl (C=O) groups excluding carboxylic acids is 1. The number of rotatable bonds is 3. The lowest BCUT2D eigenvalue weighted by atomic mass is 10.2. The van der Waals surface area contributed by atoms with E-state index in [0.717, 1.165) is 10.7 Å². The van der Waals surface area contributed by atoms with Crippen LogP contribution in [0, 0.1) is 6.92 Å². The van der Waals surface area contributed by atoms with Crippen molar-refractivity contribution in [1.29, 1.82) is 0 Å². The molecule has 0 saturated carbocycles. The number of aromatic nitrogens is 3. The van der Waals surface area contributed by atoms with Crippen molar-refractivity contribution >= 4 is 17.1 Å². The van der Waals surface area contributed by atoms with E-state index in [1.165, 1.54) is 11.3 Å². The van der Waals surface area contributed by atoms with Crippen molar-refractivity contribution in [2.75, 3.05) is 0 Å². The second-order valence-corrected chi connectivity index (χ2v) is 4.09. The summed E-state index contributed by atoms with van der Waals surface area (Å²) in [5, 5.41) is 2.85. The Morgan fingerprint density at radius 1 is 1.40 bits per heavy atom. The number of aryl methyl sites for hydroxylation is 1. The standard InChI is InChI=1S/C10H9N3OS/c1-7-13-8(6-15-7)5-9(14)10-11-3-2-4-12-10/h2-4,6H,5H2,1H3. The predicted molar refractivity (Wildman–Crippen MR) is 56.9 cm³/mol. The Labute approximate surface area is 91.0 Å². The molecule has 0 aliphatic heterocycles. The van der Waals surface area contributed by atoms with E-state index in [2.05, 4.69) is 15.0 Å². The summed E-state index contributed by atoms with van der Waals surface area (Å²) < 4.78 is 0. The molecule has 0 N–H and O–H groups in total. The Hall–Kier alpha value is -1.62. The molecule has 0 bridgehead atoms. The Morgan fingerprint density at radius 3 is 2.73 bits per heavy atom. The van der Waals surface area contributed by atoms with Gasteiger partial charge in [0.05, 0.1) is 17.1 Å². The summed E-state index contributed by atoms with van der Waals surface area (Å²) in [6.07, 6.45) is 3.40. The summed E-state index contributed by atoms with van der Waals surface area (Å²) >= 11 is 1.54. The maximum atomic E-state index is 11.7. The molecule has 0 amide bonds. The molecular formula is C10H9N3OS. The number of carbonyl (C=O) groups is 1. The molecule has 2 aromatic rings. The Balaban J connectivity index is 2.11. The molecular weight excluding hydrogens is 210 g/mol. The van der Waals surface area contributed by atoms with Crippen LogP contribution in [0.25, 0.3) is 0 Å². The van der Waals surface area contributed by atoms with Crippen molar-refractivity contribution in [3.8, 4) is 0 Å². The first-order valence-corrected chi connectivity index (χ1v) is 5.35. The van der Waals surface area contributed by atoms with E-state index in [1.807, 2.05) is 12.3 Å². The Kier molecular flexibility index (Phi) is 2.82. The number of hydrogen-bond donors (Lipinski definition) is 0. The highest BCUT2D eigenvalue weighted by Crippen LogP contribution is 2.09. The van der Waals surface area contributed by atoms with Crippen LogP contribution in [0.4, 0.5) is 0 Å². The van der Waals surface area contributed by atoms with Gasteiger partial charge in [0.15, 0.2) is 5.82 Å². The molecule has 0 unspecified atom stereocenters. The Bertz CT molecular complexity index is 467. The number of ketones is 1. The van der Waals surface area contributed by atoms with Gasteiger partial charge in [0.1, 0.15) is 0 Å². The highest BCUT2D eigenvalue weighted by atomic mass is 32.1. The molecule has 0 aromatic carbocycles. The van der Waals surface area contributed by atoms with Gasteiger partial charge >= 0.3 is 0 Å². The molecule has 5 heteroatoms. The van der Waals surface area contributed by atoms with E-state index in [9.17, 15) is 4.79 Å². The van der Waals surface area contributed by atoms with E-state index in [0.29, 0.717) is 0 Å². The van der Waals surface area contributed by atoms with Gasteiger partial charge in [-0.3, -0.25) is 4.79 Å². The van der Waals surface area contributed by atoms with Crippen molar-refractivity contribution in [2.45, 2.75) is 13.3 Å². The minimum Gasteiger partial charge on any atom is -0.290 e. The lowest BCUT2D eigenvalue weighted by Crippen LogP contribution is -2.08. The van der Waals surface area contributed by atoms with Crippen LogP contribution in [0.3, 0.4) is 0 Å². The average Bonchev–Trinajstić information content (AvgIpc) is 2.65. The van der Waals surface area contributed by atoms with Gasteiger partial charge in [-0.15, -0.1) is 11.3 Å². The number of thiazole rings is 1. The molecule has 15 heavy (non-hydrogen) atoms. The van der Waals surface area contributed by atoms with Crippen molar-refractivity contribution in [2.24, 2.45) is 0 Å². The van der Waals surface area contributed by atoms with Crippen LogP contribution in [0.2, 0.25) is 0 Å². The first-order valence-electron chi connectivity index (χ1n) is 4.47. The molecule has 0 atom stereocenters. The first-order chi connectivity index (χ1) is 7.25. The quantitative estimate of drug-likeness (QED) is 0.737. The molecule has 0 aliphatic carbocycles. The molecule has 4 nitrogen and oxygen atoms in total. The van der Waals surface area contributed by atoms with Gasteiger partial charge in [-0.25, -0.2) is 15.0 Å². The maximum absolute atomic E-state index is 11.7. The lowest BCUT2D eigenvalue weighted by molar-refractivity contribution is 0.0982. The molecule has 2 rings (SSSR count).